The first-order valence-electron chi connectivity index (χ1n) is 3.78. The molecular weight excluding hydrogens is 156 g/mol. The molecule has 0 radical (unpaired) electrons. The van der Waals surface area contributed by atoms with Crippen LogP contribution in [0.4, 0.5) is 0 Å². The van der Waals surface area contributed by atoms with Crippen molar-refractivity contribution in [3.63, 3.8) is 0 Å². The molecule has 0 aliphatic rings. The van der Waals surface area contributed by atoms with Crippen LogP contribution in [-0.2, 0) is 0 Å². The molecule has 1 N–H and O–H groups in total. The number of hydrogen-bond acceptors (Lipinski definition) is 3. The van der Waals surface area contributed by atoms with Crippen LogP contribution in [0.25, 0.3) is 10.4 Å². The molecule has 6 nitrogen and oxygen atoms in total. The third kappa shape index (κ3) is 1.96. The molecule has 1 heterocycles. The van der Waals surface area contributed by atoms with Crippen molar-refractivity contribution in [2.45, 2.75) is 25.8 Å². The normalized spacial score (nSPS) is 12.1. The first-order chi connectivity index (χ1) is 5.88. The van der Waals surface area contributed by atoms with Crippen molar-refractivity contribution in [3.05, 3.63) is 22.3 Å². The molecule has 12 heavy (non-hydrogen) atoms. The smallest absolute Gasteiger partial charge is 0.0913 e. The molecule has 0 aromatic carbocycles. The summed E-state index contributed by atoms with van der Waals surface area (Å²) in [5.41, 5.74) is 8.97. The largest absolute Gasteiger partial charge is 0.198 e. The van der Waals surface area contributed by atoms with Crippen molar-refractivity contribution in [1.82, 2.24) is 15.4 Å². The Labute approximate surface area is 69.6 Å². The summed E-state index contributed by atoms with van der Waals surface area (Å²) in [5.74, 6) is 0. The van der Waals surface area contributed by atoms with E-state index >= 15 is 0 Å². The van der Waals surface area contributed by atoms with E-state index in [9.17, 15) is 0 Å². The lowest BCUT2D eigenvalue weighted by atomic mass is 10.1. The van der Waals surface area contributed by atoms with Gasteiger partial charge in [-0.25, -0.2) is 0 Å². The Balaban J connectivity index is 2.72. The fourth-order valence-corrected chi connectivity index (χ4v) is 0.972. The number of rotatable bonds is 4. The molecule has 0 fully saturated rings. The van der Waals surface area contributed by atoms with Crippen molar-refractivity contribution in [3.8, 4) is 0 Å². The predicted molar refractivity (Wildman–Crippen MR) is 43.2 cm³/mol. The van der Waals surface area contributed by atoms with E-state index in [2.05, 4.69) is 25.4 Å². The lowest BCUT2D eigenvalue weighted by Gasteiger charge is -2.03. The highest BCUT2D eigenvalue weighted by Gasteiger charge is 2.10. The maximum atomic E-state index is 8.26. The fourth-order valence-electron chi connectivity index (χ4n) is 0.972. The molecule has 64 valence electrons. The summed E-state index contributed by atoms with van der Waals surface area (Å²) in [4.78, 5) is 2.75. The van der Waals surface area contributed by atoms with Crippen LogP contribution in [0.3, 0.4) is 0 Å². The minimum Gasteiger partial charge on any atom is -0.198 e. The average molecular weight is 166 g/mol. The molecule has 6 heteroatoms. The van der Waals surface area contributed by atoms with Gasteiger partial charge in [0, 0.05) is 4.91 Å². The number of aromatic nitrogens is 3. The van der Waals surface area contributed by atoms with Crippen molar-refractivity contribution >= 4 is 0 Å². The molecule has 0 unspecified atom stereocenters. The van der Waals surface area contributed by atoms with Gasteiger partial charge in [0.15, 0.2) is 0 Å². The van der Waals surface area contributed by atoms with E-state index in [1.54, 1.807) is 6.20 Å². The summed E-state index contributed by atoms with van der Waals surface area (Å²) in [6.07, 6.45) is 3.34. The second-order valence-corrected chi connectivity index (χ2v) is 2.40. The van der Waals surface area contributed by atoms with Gasteiger partial charge >= 0.3 is 0 Å². The van der Waals surface area contributed by atoms with Crippen molar-refractivity contribution in [2.24, 2.45) is 5.11 Å². The van der Waals surface area contributed by atoms with E-state index in [1.807, 2.05) is 6.92 Å². The summed E-state index contributed by atoms with van der Waals surface area (Å²) in [6.45, 7) is 2.03. The van der Waals surface area contributed by atoms with Gasteiger partial charge in [0.1, 0.15) is 0 Å². The number of nitrogens with zero attached hydrogens (tertiary/aromatic N) is 5. The van der Waals surface area contributed by atoms with E-state index in [-0.39, 0.29) is 6.04 Å². The number of aromatic amines is 1. The number of nitrogens with one attached hydrogen (secondary N) is 1. The Morgan fingerprint density at radius 1 is 1.83 bits per heavy atom. The van der Waals surface area contributed by atoms with Crippen LogP contribution in [0.5, 0.6) is 0 Å². The van der Waals surface area contributed by atoms with E-state index < -0.39 is 0 Å². The SMILES string of the molecule is CCC[C@@H](N=[N+]=[N-])c1cn[nH]n1. The summed E-state index contributed by atoms with van der Waals surface area (Å²) in [5, 5.41) is 13.6. The Kier molecular flexibility index (Phi) is 3.10. The quantitative estimate of drug-likeness (QED) is 0.420. The first kappa shape index (κ1) is 8.55. The standard InChI is InChI=1S/C6H10N6/c1-2-3-5(9-11-7)6-4-8-12-10-6/h4-5H,2-3H2,1H3,(H,8,10,12)/t5-/m1/s1. The van der Waals surface area contributed by atoms with Gasteiger partial charge in [-0.3, -0.25) is 0 Å². The Hall–Kier alpha value is -1.55. The van der Waals surface area contributed by atoms with Gasteiger partial charge in [0.05, 0.1) is 17.9 Å². The molecular formula is C6H10N6. The summed E-state index contributed by atoms with van der Waals surface area (Å²) in [7, 11) is 0. The van der Waals surface area contributed by atoms with E-state index in [0.717, 1.165) is 12.8 Å². The molecule has 1 aromatic rings. The Morgan fingerprint density at radius 2 is 2.67 bits per heavy atom. The van der Waals surface area contributed by atoms with Crippen LogP contribution >= 0.6 is 0 Å². The molecule has 1 rings (SSSR count). The molecule has 0 bridgehead atoms. The lowest BCUT2D eigenvalue weighted by Crippen LogP contribution is -1.94. The van der Waals surface area contributed by atoms with Gasteiger partial charge in [0.2, 0.25) is 0 Å². The predicted octanol–water partition coefficient (Wildman–Crippen LogP) is 1.96. The van der Waals surface area contributed by atoms with Gasteiger partial charge in [-0.15, -0.1) is 0 Å². The van der Waals surface area contributed by atoms with Gasteiger partial charge in [0.25, 0.3) is 0 Å². The summed E-state index contributed by atoms with van der Waals surface area (Å²) >= 11 is 0. The molecule has 0 amide bonds. The molecule has 0 spiro atoms. The zero-order valence-corrected chi connectivity index (χ0v) is 6.80. The lowest BCUT2D eigenvalue weighted by molar-refractivity contribution is 0.616. The highest BCUT2D eigenvalue weighted by Crippen LogP contribution is 2.19. The van der Waals surface area contributed by atoms with Crippen molar-refractivity contribution < 1.29 is 0 Å². The van der Waals surface area contributed by atoms with Crippen LogP contribution in [0, 0.1) is 0 Å². The highest BCUT2D eigenvalue weighted by atomic mass is 15.3. The zero-order chi connectivity index (χ0) is 8.81. The number of azide groups is 1. The fraction of sp³-hybridized carbons (Fsp3) is 0.667. The second kappa shape index (κ2) is 4.35. The van der Waals surface area contributed by atoms with Gasteiger partial charge in [-0.05, 0) is 12.0 Å². The van der Waals surface area contributed by atoms with E-state index in [0.29, 0.717) is 5.69 Å². The van der Waals surface area contributed by atoms with Gasteiger partial charge in [-0.1, -0.05) is 18.5 Å². The number of H-pyrrole nitrogens is 1. The first-order valence-corrected chi connectivity index (χ1v) is 3.78. The van der Waals surface area contributed by atoms with Gasteiger partial charge in [-0.2, -0.15) is 15.4 Å². The molecule has 1 atom stereocenters. The maximum Gasteiger partial charge on any atom is 0.0913 e. The summed E-state index contributed by atoms with van der Waals surface area (Å²) in [6, 6.07) is -0.182. The van der Waals surface area contributed by atoms with Crippen molar-refractivity contribution in [2.75, 3.05) is 0 Å². The Morgan fingerprint density at radius 3 is 3.17 bits per heavy atom. The Bertz CT molecular complexity index is 260. The van der Waals surface area contributed by atoms with E-state index in [1.165, 1.54) is 0 Å². The molecule has 0 saturated heterocycles. The van der Waals surface area contributed by atoms with Crippen LogP contribution in [0.2, 0.25) is 0 Å². The molecule has 0 saturated carbocycles. The molecule has 1 aromatic heterocycles. The van der Waals surface area contributed by atoms with Crippen LogP contribution in [0.1, 0.15) is 31.5 Å². The van der Waals surface area contributed by atoms with Crippen LogP contribution < -0.4 is 0 Å². The van der Waals surface area contributed by atoms with E-state index in [4.69, 9.17) is 5.53 Å². The van der Waals surface area contributed by atoms with Crippen molar-refractivity contribution in [1.29, 1.82) is 0 Å². The average Bonchev–Trinajstić information content (AvgIpc) is 2.56. The van der Waals surface area contributed by atoms with Gasteiger partial charge < -0.3 is 0 Å². The zero-order valence-electron chi connectivity index (χ0n) is 6.80. The second-order valence-electron chi connectivity index (χ2n) is 2.40. The minimum absolute atomic E-state index is 0.182. The topological polar surface area (TPSA) is 90.3 Å². The number of hydrogen-bond donors (Lipinski definition) is 1. The van der Waals surface area contributed by atoms with Crippen LogP contribution in [0.15, 0.2) is 11.3 Å². The molecule has 0 aliphatic carbocycles. The highest BCUT2D eigenvalue weighted by molar-refractivity contribution is 4.99. The minimum atomic E-state index is -0.182. The third-order valence-electron chi connectivity index (χ3n) is 1.53. The monoisotopic (exact) mass is 166 g/mol. The molecule has 0 aliphatic heterocycles. The van der Waals surface area contributed by atoms with Crippen LogP contribution in [-0.4, -0.2) is 15.4 Å². The maximum absolute atomic E-state index is 8.26. The third-order valence-corrected chi connectivity index (χ3v) is 1.53. The summed E-state index contributed by atoms with van der Waals surface area (Å²) < 4.78 is 0.